The number of nitrogens with one attached hydrogen (secondary N) is 1. The molecule has 142 valence electrons. The van der Waals surface area contributed by atoms with E-state index in [0.29, 0.717) is 0 Å². The third-order valence-electron chi connectivity index (χ3n) is 4.38. The molecule has 2 rings (SSSR count). The van der Waals surface area contributed by atoms with Crippen LogP contribution in [0.4, 0.5) is 5.69 Å². The summed E-state index contributed by atoms with van der Waals surface area (Å²) >= 11 is 0. The van der Waals surface area contributed by atoms with Gasteiger partial charge in [0.25, 0.3) is 0 Å². The Morgan fingerprint density at radius 2 is 1.73 bits per heavy atom. The first-order chi connectivity index (χ1) is 12.7. The summed E-state index contributed by atoms with van der Waals surface area (Å²) in [5, 5.41) is 3.48. The Labute approximate surface area is 158 Å². The van der Waals surface area contributed by atoms with E-state index < -0.39 is 0 Å². The van der Waals surface area contributed by atoms with Crippen LogP contribution in [0.3, 0.4) is 0 Å². The minimum Gasteiger partial charge on any atom is -0.494 e. The molecule has 0 bridgehead atoms. The third kappa shape index (κ3) is 7.38. The van der Waals surface area contributed by atoms with Gasteiger partial charge in [0.15, 0.2) is 0 Å². The van der Waals surface area contributed by atoms with Gasteiger partial charge in [-0.2, -0.15) is 0 Å². The number of hydrogen-bond donors (Lipinski definition) is 1. The van der Waals surface area contributed by atoms with E-state index in [1.54, 1.807) is 0 Å². The van der Waals surface area contributed by atoms with Crippen molar-refractivity contribution in [2.24, 2.45) is 0 Å². The Morgan fingerprint density at radius 3 is 2.50 bits per heavy atom. The second-order valence-corrected chi connectivity index (χ2v) is 6.78. The Morgan fingerprint density at radius 1 is 0.923 bits per heavy atom. The van der Waals surface area contributed by atoms with Crippen molar-refractivity contribution in [3.05, 3.63) is 54.1 Å². The SMILES string of the molecule is CCCCCCOc1cccc(NCC(CC)Oc2cccc(C)c2)c1. The zero-order valence-corrected chi connectivity index (χ0v) is 16.5. The molecule has 0 amide bonds. The average Bonchev–Trinajstić information content (AvgIpc) is 2.65. The Hall–Kier alpha value is -2.16. The summed E-state index contributed by atoms with van der Waals surface area (Å²) < 4.78 is 12.0. The van der Waals surface area contributed by atoms with Crippen molar-refractivity contribution in [2.75, 3.05) is 18.5 Å². The van der Waals surface area contributed by atoms with E-state index in [9.17, 15) is 0 Å². The lowest BCUT2D eigenvalue weighted by atomic mass is 10.2. The molecule has 0 aliphatic heterocycles. The molecule has 0 heterocycles. The predicted molar refractivity (Wildman–Crippen MR) is 110 cm³/mol. The summed E-state index contributed by atoms with van der Waals surface area (Å²) in [6.07, 6.45) is 5.98. The van der Waals surface area contributed by atoms with Crippen LogP contribution in [-0.4, -0.2) is 19.3 Å². The van der Waals surface area contributed by atoms with Gasteiger partial charge in [0, 0.05) is 11.8 Å². The summed E-state index contributed by atoms with van der Waals surface area (Å²) in [5.74, 6) is 1.86. The largest absolute Gasteiger partial charge is 0.494 e. The zero-order chi connectivity index (χ0) is 18.6. The Kier molecular flexibility index (Phi) is 8.88. The first-order valence-corrected chi connectivity index (χ1v) is 9.91. The highest BCUT2D eigenvalue weighted by Crippen LogP contribution is 2.19. The molecule has 2 aromatic carbocycles. The molecular weight excluding hydrogens is 322 g/mol. The molecule has 1 atom stereocenters. The first-order valence-electron chi connectivity index (χ1n) is 9.91. The van der Waals surface area contributed by atoms with Gasteiger partial charge in [-0.05, 0) is 49.6 Å². The highest BCUT2D eigenvalue weighted by Gasteiger charge is 2.08. The van der Waals surface area contributed by atoms with Crippen LogP contribution in [0.5, 0.6) is 11.5 Å². The summed E-state index contributed by atoms with van der Waals surface area (Å²) in [7, 11) is 0. The quantitative estimate of drug-likeness (QED) is 0.458. The molecule has 3 heteroatoms. The lowest BCUT2D eigenvalue weighted by molar-refractivity contribution is 0.210. The number of ether oxygens (including phenoxy) is 2. The summed E-state index contributed by atoms with van der Waals surface area (Å²) in [6, 6.07) is 16.4. The molecule has 3 nitrogen and oxygen atoms in total. The molecule has 0 aromatic heterocycles. The van der Waals surface area contributed by atoms with Crippen molar-refractivity contribution in [3.63, 3.8) is 0 Å². The molecule has 0 spiro atoms. The minimum absolute atomic E-state index is 0.135. The van der Waals surface area contributed by atoms with Gasteiger partial charge >= 0.3 is 0 Å². The second-order valence-electron chi connectivity index (χ2n) is 6.78. The fourth-order valence-electron chi connectivity index (χ4n) is 2.80. The van der Waals surface area contributed by atoms with Crippen molar-refractivity contribution < 1.29 is 9.47 Å². The molecule has 1 unspecified atom stereocenters. The maximum absolute atomic E-state index is 6.11. The van der Waals surface area contributed by atoms with Crippen LogP contribution < -0.4 is 14.8 Å². The maximum atomic E-state index is 6.11. The van der Waals surface area contributed by atoms with Crippen LogP contribution in [0.15, 0.2) is 48.5 Å². The minimum atomic E-state index is 0.135. The maximum Gasteiger partial charge on any atom is 0.121 e. The number of aryl methyl sites for hydroxylation is 1. The summed E-state index contributed by atoms with van der Waals surface area (Å²) in [5.41, 5.74) is 2.29. The number of rotatable bonds is 12. The monoisotopic (exact) mass is 355 g/mol. The van der Waals surface area contributed by atoms with Gasteiger partial charge in [0.05, 0.1) is 13.2 Å². The fourth-order valence-corrected chi connectivity index (χ4v) is 2.80. The second kappa shape index (κ2) is 11.5. The molecule has 0 saturated carbocycles. The van der Waals surface area contributed by atoms with E-state index in [-0.39, 0.29) is 6.10 Å². The predicted octanol–water partition coefficient (Wildman–Crippen LogP) is 6.22. The number of anilines is 1. The lowest BCUT2D eigenvalue weighted by Gasteiger charge is -2.19. The van der Waals surface area contributed by atoms with Crippen molar-refractivity contribution in [1.29, 1.82) is 0 Å². The van der Waals surface area contributed by atoms with Crippen molar-refractivity contribution in [2.45, 2.75) is 59.0 Å². The molecule has 0 saturated heterocycles. The highest BCUT2D eigenvalue weighted by atomic mass is 16.5. The molecule has 2 aromatic rings. The van der Waals surface area contributed by atoms with Crippen LogP contribution in [0.1, 0.15) is 51.5 Å². The number of unbranched alkanes of at least 4 members (excludes halogenated alkanes) is 3. The standard InChI is InChI=1S/C23H33NO2/c1-4-6-7-8-15-25-22-13-10-12-20(17-22)24-18-21(5-2)26-23-14-9-11-19(3)16-23/h9-14,16-17,21,24H,4-8,15,18H2,1-3H3. The van der Waals surface area contributed by atoms with Crippen LogP contribution >= 0.6 is 0 Å². The molecule has 0 aliphatic carbocycles. The van der Waals surface area contributed by atoms with Crippen molar-refractivity contribution in [1.82, 2.24) is 0 Å². The Bertz CT molecular complexity index is 642. The molecule has 0 radical (unpaired) electrons. The van der Waals surface area contributed by atoms with Crippen LogP contribution in [-0.2, 0) is 0 Å². The fraction of sp³-hybridized carbons (Fsp3) is 0.478. The zero-order valence-electron chi connectivity index (χ0n) is 16.5. The van der Waals surface area contributed by atoms with E-state index in [4.69, 9.17) is 9.47 Å². The van der Waals surface area contributed by atoms with E-state index in [1.165, 1.54) is 24.8 Å². The van der Waals surface area contributed by atoms with Crippen LogP contribution in [0.25, 0.3) is 0 Å². The Balaban J connectivity index is 1.80. The topological polar surface area (TPSA) is 30.5 Å². The average molecular weight is 356 g/mol. The lowest BCUT2D eigenvalue weighted by Crippen LogP contribution is -2.25. The van der Waals surface area contributed by atoms with Crippen molar-refractivity contribution in [3.8, 4) is 11.5 Å². The molecular formula is C23H33NO2. The van der Waals surface area contributed by atoms with E-state index in [2.05, 4.69) is 50.4 Å². The van der Waals surface area contributed by atoms with Gasteiger partial charge in [-0.3, -0.25) is 0 Å². The van der Waals surface area contributed by atoms with Crippen molar-refractivity contribution >= 4 is 5.69 Å². The van der Waals surface area contributed by atoms with Gasteiger partial charge in [-0.1, -0.05) is 51.3 Å². The van der Waals surface area contributed by atoms with E-state index >= 15 is 0 Å². The molecule has 0 aliphatic rings. The number of hydrogen-bond acceptors (Lipinski definition) is 3. The first kappa shape index (κ1) is 20.2. The summed E-state index contributed by atoms with van der Waals surface area (Å²) in [6.45, 7) is 8.02. The highest BCUT2D eigenvalue weighted by molar-refractivity contribution is 5.48. The van der Waals surface area contributed by atoms with Gasteiger partial charge in [-0.25, -0.2) is 0 Å². The smallest absolute Gasteiger partial charge is 0.121 e. The van der Waals surface area contributed by atoms with Gasteiger partial charge in [0.1, 0.15) is 17.6 Å². The molecule has 0 fully saturated rings. The van der Waals surface area contributed by atoms with Crippen LogP contribution in [0.2, 0.25) is 0 Å². The third-order valence-corrected chi connectivity index (χ3v) is 4.38. The van der Waals surface area contributed by atoms with Gasteiger partial charge in [0.2, 0.25) is 0 Å². The van der Waals surface area contributed by atoms with Crippen LogP contribution in [0, 0.1) is 6.92 Å². The van der Waals surface area contributed by atoms with Gasteiger partial charge in [-0.15, -0.1) is 0 Å². The number of benzene rings is 2. The van der Waals surface area contributed by atoms with E-state index in [1.807, 2.05) is 24.3 Å². The normalized spacial score (nSPS) is 11.8. The van der Waals surface area contributed by atoms with Gasteiger partial charge < -0.3 is 14.8 Å². The van der Waals surface area contributed by atoms with E-state index in [0.717, 1.165) is 43.2 Å². The molecule has 1 N–H and O–H groups in total. The molecule has 26 heavy (non-hydrogen) atoms. The summed E-state index contributed by atoms with van der Waals surface area (Å²) in [4.78, 5) is 0.